The maximum atomic E-state index is 14.0. The standard InChI is InChI=1S/C22H21F3N4/c1-29-20-6-7-26-11-17(20)16-8-14(9-18(21(16)29)22(23,24)25)28-19-12-27-10-13-4-2-3-5-15(13)19/h2-5,8-10,12,17,20,26,28H,6-7,11H2,1H3/t17-,20-/m0/s1. The van der Waals surface area contributed by atoms with Crippen LogP contribution in [-0.2, 0) is 6.18 Å². The first-order chi connectivity index (χ1) is 13.9. The number of fused-ring (bicyclic) bond motifs is 4. The third-order valence-corrected chi connectivity index (χ3v) is 6.09. The second-order valence-corrected chi connectivity index (χ2v) is 7.77. The fourth-order valence-electron chi connectivity index (χ4n) is 4.78. The summed E-state index contributed by atoms with van der Waals surface area (Å²) in [6.07, 6.45) is -0.186. The number of anilines is 3. The molecule has 0 amide bonds. The van der Waals surface area contributed by atoms with Gasteiger partial charge in [0.2, 0.25) is 0 Å². The molecule has 3 heterocycles. The summed E-state index contributed by atoms with van der Waals surface area (Å²) in [7, 11) is 1.78. The Labute approximate surface area is 166 Å². The summed E-state index contributed by atoms with van der Waals surface area (Å²) in [6, 6.07) is 10.9. The van der Waals surface area contributed by atoms with E-state index in [-0.39, 0.29) is 12.0 Å². The smallest absolute Gasteiger partial charge is 0.370 e. The van der Waals surface area contributed by atoms with Crippen molar-refractivity contribution in [2.24, 2.45) is 0 Å². The van der Waals surface area contributed by atoms with Gasteiger partial charge >= 0.3 is 6.18 Å². The Balaban J connectivity index is 1.64. The molecular weight excluding hydrogens is 377 g/mol. The Morgan fingerprint density at radius 1 is 1.17 bits per heavy atom. The zero-order valence-electron chi connectivity index (χ0n) is 15.9. The summed E-state index contributed by atoms with van der Waals surface area (Å²) in [6.45, 7) is 1.52. The van der Waals surface area contributed by atoms with E-state index in [1.54, 1.807) is 19.4 Å². The maximum Gasteiger partial charge on any atom is 0.418 e. The molecule has 1 fully saturated rings. The van der Waals surface area contributed by atoms with Gasteiger partial charge in [0, 0.05) is 48.2 Å². The van der Waals surface area contributed by atoms with Crippen LogP contribution in [0, 0.1) is 0 Å². The Morgan fingerprint density at radius 3 is 2.83 bits per heavy atom. The molecule has 0 unspecified atom stereocenters. The Morgan fingerprint density at radius 2 is 2.00 bits per heavy atom. The van der Waals surface area contributed by atoms with Gasteiger partial charge in [0.15, 0.2) is 0 Å². The van der Waals surface area contributed by atoms with Crippen molar-refractivity contribution in [3.63, 3.8) is 0 Å². The Hall–Kier alpha value is -2.80. The SMILES string of the molecule is CN1c2c(cc(Nc3cncc4ccccc34)cc2C(F)(F)F)[C@@H]2CNCC[C@@H]21. The van der Waals surface area contributed by atoms with Crippen molar-refractivity contribution in [2.75, 3.05) is 30.4 Å². The van der Waals surface area contributed by atoms with Crippen molar-refractivity contribution in [1.29, 1.82) is 0 Å². The van der Waals surface area contributed by atoms with Crippen LogP contribution in [0.3, 0.4) is 0 Å². The van der Waals surface area contributed by atoms with E-state index in [4.69, 9.17) is 0 Å². The van der Waals surface area contributed by atoms with Crippen LogP contribution in [0.5, 0.6) is 0 Å². The Kier molecular flexibility index (Phi) is 4.17. The number of alkyl halides is 3. The third kappa shape index (κ3) is 3.00. The summed E-state index contributed by atoms with van der Waals surface area (Å²) in [5.74, 6) is 0.0530. The molecular formula is C22H21F3N4. The molecule has 2 aromatic carbocycles. The quantitative estimate of drug-likeness (QED) is 0.645. The number of pyridine rings is 1. The van der Waals surface area contributed by atoms with Crippen molar-refractivity contribution in [2.45, 2.75) is 24.6 Å². The molecule has 7 heteroatoms. The average Bonchev–Trinajstić information content (AvgIpc) is 3.00. The van der Waals surface area contributed by atoms with E-state index in [1.165, 1.54) is 6.07 Å². The number of halogens is 3. The van der Waals surface area contributed by atoms with Crippen LogP contribution in [0.4, 0.5) is 30.2 Å². The molecule has 0 bridgehead atoms. The fourth-order valence-corrected chi connectivity index (χ4v) is 4.78. The molecule has 0 spiro atoms. The number of nitrogens with one attached hydrogen (secondary N) is 2. The molecule has 2 N–H and O–H groups in total. The molecule has 0 saturated carbocycles. The van der Waals surface area contributed by atoms with E-state index in [2.05, 4.69) is 15.6 Å². The van der Waals surface area contributed by atoms with E-state index < -0.39 is 11.7 Å². The molecule has 150 valence electrons. The molecule has 5 rings (SSSR count). The summed E-state index contributed by atoms with van der Waals surface area (Å²) in [5, 5.41) is 8.39. The minimum absolute atomic E-state index is 0.0530. The monoisotopic (exact) mass is 398 g/mol. The molecule has 1 aromatic heterocycles. The van der Waals surface area contributed by atoms with Gasteiger partial charge in [-0.3, -0.25) is 4.98 Å². The van der Waals surface area contributed by atoms with E-state index in [0.29, 0.717) is 23.6 Å². The number of benzene rings is 2. The van der Waals surface area contributed by atoms with Crippen LogP contribution in [0.1, 0.15) is 23.5 Å². The van der Waals surface area contributed by atoms with Crippen molar-refractivity contribution < 1.29 is 13.2 Å². The van der Waals surface area contributed by atoms with Crippen LogP contribution < -0.4 is 15.5 Å². The van der Waals surface area contributed by atoms with E-state index >= 15 is 0 Å². The van der Waals surface area contributed by atoms with Crippen molar-refractivity contribution in [3.8, 4) is 0 Å². The van der Waals surface area contributed by atoms with Gasteiger partial charge < -0.3 is 15.5 Å². The minimum Gasteiger partial charge on any atom is -0.370 e. The zero-order valence-corrected chi connectivity index (χ0v) is 15.9. The second-order valence-electron chi connectivity index (χ2n) is 7.77. The second kappa shape index (κ2) is 6.62. The van der Waals surface area contributed by atoms with Gasteiger partial charge in [-0.1, -0.05) is 24.3 Å². The van der Waals surface area contributed by atoms with Gasteiger partial charge in [0.05, 0.1) is 23.1 Å². The van der Waals surface area contributed by atoms with E-state index in [1.807, 2.05) is 35.2 Å². The van der Waals surface area contributed by atoms with Gasteiger partial charge in [-0.2, -0.15) is 13.2 Å². The summed E-state index contributed by atoms with van der Waals surface area (Å²) < 4.78 is 42.0. The highest BCUT2D eigenvalue weighted by Crippen LogP contribution is 2.50. The summed E-state index contributed by atoms with van der Waals surface area (Å²) >= 11 is 0. The van der Waals surface area contributed by atoms with Gasteiger partial charge in [-0.05, 0) is 30.7 Å². The van der Waals surface area contributed by atoms with E-state index in [0.717, 1.165) is 29.3 Å². The van der Waals surface area contributed by atoms with E-state index in [9.17, 15) is 13.2 Å². The normalized spacial score (nSPS) is 21.2. The zero-order chi connectivity index (χ0) is 20.2. The molecule has 2 aliphatic heterocycles. The van der Waals surface area contributed by atoms with Crippen molar-refractivity contribution >= 4 is 27.8 Å². The lowest BCUT2D eigenvalue weighted by Gasteiger charge is -2.31. The molecule has 0 aliphatic carbocycles. The first-order valence-corrected chi connectivity index (χ1v) is 9.72. The van der Waals surface area contributed by atoms with Crippen LogP contribution in [0.2, 0.25) is 0 Å². The van der Waals surface area contributed by atoms with Gasteiger partial charge in [-0.15, -0.1) is 0 Å². The lowest BCUT2D eigenvalue weighted by Crippen LogP contribution is -2.42. The van der Waals surface area contributed by atoms with Crippen LogP contribution >= 0.6 is 0 Å². The Bertz CT molecular complexity index is 1070. The van der Waals surface area contributed by atoms with Gasteiger partial charge in [0.1, 0.15) is 0 Å². The van der Waals surface area contributed by atoms with Crippen LogP contribution in [-0.4, -0.2) is 31.2 Å². The highest BCUT2D eigenvalue weighted by Gasteiger charge is 2.45. The minimum atomic E-state index is -4.42. The number of likely N-dealkylation sites (N-methyl/N-ethyl adjacent to an activating group) is 1. The van der Waals surface area contributed by atoms with Gasteiger partial charge in [0.25, 0.3) is 0 Å². The lowest BCUT2D eigenvalue weighted by atomic mass is 9.89. The number of nitrogens with zero attached hydrogens (tertiary/aromatic N) is 2. The topological polar surface area (TPSA) is 40.2 Å². The predicted octanol–water partition coefficient (Wildman–Crippen LogP) is 4.89. The molecule has 2 aliphatic rings. The lowest BCUT2D eigenvalue weighted by molar-refractivity contribution is -0.137. The molecule has 1 saturated heterocycles. The molecule has 4 nitrogen and oxygen atoms in total. The number of hydrogen-bond acceptors (Lipinski definition) is 4. The summed E-state index contributed by atoms with van der Waals surface area (Å²) in [4.78, 5) is 6.05. The third-order valence-electron chi connectivity index (χ3n) is 6.09. The summed E-state index contributed by atoms with van der Waals surface area (Å²) in [5.41, 5.74) is 1.63. The van der Waals surface area contributed by atoms with Crippen LogP contribution in [0.15, 0.2) is 48.8 Å². The number of hydrogen-bond donors (Lipinski definition) is 2. The molecule has 0 radical (unpaired) electrons. The number of piperidine rings is 1. The largest absolute Gasteiger partial charge is 0.418 e. The maximum absolute atomic E-state index is 14.0. The predicted molar refractivity (Wildman–Crippen MR) is 109 cm³/mol. The van der Waals surface area contributed by atoms with Crippen LogP contribution in [0.25, 0.3) is 10.8 Å². The fraction of sp³-hybridized carbons (Fsp3) is 0.318. The van der Waals surface area contributed by atoms with Gasteiger partial charge in [-0.25, -0.2) is 0 Å². The first kappa shape index (κ1) is 18.2. The first-order valence-electron chi connectivity index (χ1n) is 9.72. The molecule has 3 aromatic rings. The number of rotatable bonds is 2. The average molecular weight is 398 g/mol. The van der Waals surface area contributed by atoms with Crippen molar-refractivity contribution in [1.82, 2.24) is 10.3 Å². The van der Waals surface area contributed by atoms with Crippen molar-refractivity contribution in [3.05, 3.63) is 59.9 Å². The number of aromatic nitrogens is 1. The highest BCUT2D eigenvalue weighted by molar-refractivity contribution is 5.94. The molecule has 29 heavy (non-hydrogen) atoms. The molecule has 2 atom stereocenters. The highest BCUT2D eigenvalue weighted by atomic mass is 19.4.